The highest BCUT2D eigenvalue weighted by atomic mass is 35.5. The second-order valence-corrected chi connectivity index (χ2v) is 8.91. The molecule has 0 spiro atoms. The number of rotatable bonds is 6. The molecule has 3 rings (SSSR count). The molecule has 3 aromatic rings. The number of carbonyl (C=O) groups excluding carboxylic acids is 1. The van der Waals surface area contributed by atoms with Gasteiger partial charge in [-0.3, -0.25) is 9.52 Å². The van der Waals surface area contributed by atoms with Crippen molar-refractivity contribution in [2.45, 2.75) is 11.8 Å². The predicted octanol–water partition coefficient (Wildman–Crippen LogP) is 5.36. The number of methoxy groups -OCH3 is 1. The summed E-state index contributed by atoms with van der Waals surface area (Å²) in [6.07, 6.45) is 0. The number of hydrogen-bond acceptors (Lipinski definition) is 4. The van der Waals surface area contributed by atoms with E-state index in [0.29, 0.717) is 11.4 Å². The zero-order valence-corrected chi connectivity index (χ0v) is 18.4. The third-order valence-electron chi connectivity index (χ3n) is 4.16. The quantitative estimate of drug-likeness (QED) is 0.513. The number of hydrogen-bond donors (Lipinski definition) is 2. The molecule has 6 nitrogen and oxygen atoms in total. The van der Waals surface area contributed by atoms with Gasteiger partial charge < -0.3 is 10.1 Å². The van der Waals surface area contributed by atoms with Crippen LogP contribution in [0.2, 0.25) is 10.0 Å². The second-order valence-electron chi connectivity index (χ2n) is 6.42. The second kappa shape index (κ2) is 8.95. The molecule has 0 aliphatic carbocycles. The number of nitrogens with one attached hydrogen (secondary N) is 2. The highest BCUT2D eigenvalue weighted by molar-refractivity contribution is 7.92. The van der Waals surface area contributed by atoms with E-state index in [9.17, 15) is 13.2 Å². The largest absolute Gasteiger partial charge is 0.495 e. The number of ether oxygens (including phenoxy) is 1. The molecule has 0 radical (unpaired) electrons. The molecule has 0 atom stereocenters. The number of amides is 1. The van der Waals surface area contributed by atoms with E-state index in [1.165, 1.54) is 37.4 Å². The zero-order chi connectivity index (χ0) is 21.9. The molecule has 0 aliphatic rings. The molecule has 1 amide bonds. The predicted molar refractivity (Wildman–Crippen MR) is 119 cm³/mol. The van der Waals surface area contributed by atoms with Gasteiger partial charge in [0.1, 0.15) is 10.6 Å². The van der Waals surface area contributed by atoms with Crippen LogP contribution >= 0.6 is 23.2 Å². The molecule has 3 aromatic carbocycles. The van der Waals surface area contributed by atoms with E-state index in [4.69, 9.17) is 27.9 Å². The smallest absolute Gasteiger partial charge is 0.263 e. The molecule has 2 N–H and O–H groups in total. The average Bonchev–Trinajstić information content (AvgIpc) is 2.70. The van der Waals surface area contributed by atoms with Crippen molar-refractivity contribution in [1.29, 1.82) is 0 Å². The summed E-state index contributed by atoms with van der Waals surface area (Å²) in [5.74, 6) is 0.0992. The number of carbonyl (C=O) groups is 1. The van der Waals surface area contributed by atoms with Crippen LogP contribution < -0.4 is 14.8 Å². The van der Waals surface area contributed by atoms with Gasteiger partial charge >= 0.3 is 0 Å². The van der Waals surface area contributed by atoms with E-state index >= 15 is 0 Å². The van der Waals surface area contributed by atoms with Crippen LogP contribution in [0.15, 0.2) is 65.6 Å². The Bertz CT molecular complexity index is 1210. The molecule has 0 saturated heterocycles. The fourth-order valence-corrected chi connectivity index (χ4v) is 4.54. The van der Waals surface area contributed by atoms with Gasteiger partial charge in [0.2, 0.25) is 0 Å². The van der Waals surface area contributed by atoms with Crippen LogP contribution in [0.5, 0.6) is 5.75 Å². The standard InChI is InChI=1S/C21H18Cl2N2O4S/c1-13-6-9-19(29-2)18(10-13)24-21(26)14-4-3-5-16(11-14)25-30(27,28)20-12-15(22)7-8-17(20)23/h3-12,25H,1-2H3,(H,24,26). The summed E-state index contributed by atoms with van der Waals surface area (Å²) in [5.41, 5.74) is 1.93. The molecule has 156 valence electrons. The van der Waals surface area contributed by atoms with Gasteiger partial charge in [-0.1, -0.05) is 35.3 Å². The van der Waals surface area contributed by atoms with Gasteiger partial charge in [-0.15, -0.1) is 0 Å². The molecular formula is C21H18Cl2N2O4S. The van der Waals surface area contributed by atoms with Crippen LogP contribution in [0, 0.1) is 6.92 Å². The van der Waals surface area contributed by atoms with Crippen molar-refractivity contribution < 1.29 is 17.9 Å². The average molecular weight is 465 g/mol. The Morgan fingerprint density at radius 3 is 2.50 bits per heavy atom. The van der Waals surface area contributed by atoms with E-state index < -0.39 is 15.9 Å². The summed E-state index contributed by atoms with van der Waals surface area (Å²) < 4.78 is 33.1. The van der Waals surface area contributed by atoms with E-state index in [-0.39, 0.29) is 26.2 Å². The summed E-state index contributed by atoms with van der Waals surface area (Å²) in [6, 6.07) is 15.6. The maximum atomic E-state index is 12.7. The highest BCUT2D eigenvalue weighted by Gasteiger charge is 2.19. The normalized spacial score (nSPS) is 11.1. The van der Waals surface area contributed by atoms with E-state index in [2.05, 4.69) is 10.0 Å². The Morgan fingerprint density at radius 1 is 1.00 bits per heavy atom. The molecule has 0 heterocycles. The topological polar surface area (TPSA) is 84.5 Å². The van der Waals surface area contributed by atoms with Gasteiger partial charge in [0.25, 0.3) is 15.9 Å². The third kappa shape index (κ3) is 5.05. The molecule has 0 saturated carbocycles. The van der Waals surface area contributed by atoms with Crippen molar-refractivity contribution >= 4 is 50.5 Å². The van der Waals surface area contributed by atoms with E-state index in [0.717, 1.165) is 5.56 Å². The molecule has 9 heteroatoms. The van der Waals surface area contributed by atoms with Crippen LogP contribution in [-0.2, 0) is 10.0 Å². The first-order chi connectivity index (χ1) is 14.2. The highest BCUT2D eigenvalue weighted by Crippen LogP contribution is 2.28. The molecule has 0 unspecified atom stereocenters. The number of anilines is 2. The first-order valence-electron chi connectivity index (χ1n) is 8.73. The zero-order valence-electron chi connectivity index (χ0n) is 16.1. The van der Waals surface area contributed by atoms with Crippen LogP contribution in [0.4, 0.5) is 11.4 Å². The lowest BCUT2D eigenvalue weighted by Crippen LogP contribution is -2.16. The van der Waals surface area contributed by atoms with Gasteiger partial charge in [0, 0.05) is 16.3 Å². The Kier molecular flexibility index (Phi) is 6.55. The van der Waals surface area contributed by atoms with E-state index in [1.54, 1.807) is 24.3 Å². The van der Waals surface area contributed by atoms with Gasteiger partial charge in [0.15, 0.2) is 0 Å². The lowest BCUT2D eigenvalue weighted by Gasteiger charge is -2.13. The Balaban J connectivity index is 1.85. The van der Waals surface area contributed by atoms with Gasteiger partial charge in [-0.05, 0) is 61.0 Å². The summed E-state index contributed by atoms with van der Waals surface area (Å²) in [6.45, 7) is 1.89. The van der Waals surface area contributed by atoms with Gasteiger partial charge in [0.05, 0.1) is 17.8 Å². The van der Waals surface area contributed by atoms with Gasteiger partial charge in [-0.2, -0.15) is 0 Å². The van der Waals surface area contributed by atoms with Crippen molar-refractivity contribution in [3.8, 4) is 5.75 Å². The Labute approximate surface area is 184 Å². The number of sulfonamides is 1. The van der Waals surface area contributed by atoms with Crippen molar-refractivity contribution in [3.63, 3.8) is 0 Å². The fourth-order valence-electron chi connectivity index (χ4n) is 2.73. The summed E-state index contributed by atoms with van der Waals surface area (Å²) in [7, 11) is -2.49. The lowest BCUT2D eigenvalue weighted by molar-refractivity contribution is 0.102. The molecule has 0 fully saturated rings. The molecule has 30 heavy (non-hydrogen) atoms. The molecular weight excluding hydrogens is 447 g/mol. The first-order valence-corrected chi connectivity index (χ1v) is 11.0. The first kappa shape index (κ1) is 22.0. The fraction of sp³-hybridized carbons (Fsp3) is 0.0952. The van der Waals surface area contributed by atoms with E-state index in [1.807, 2.05) is 13.0 Å². The molecule has 0 aliphatic heterocycles. The minimum atomic E-state index is -4.00. The third-order valence-corrected chi connectivity index (χ3v) is 6.26. The number of halogens is 2. The van der Waals surface area contributed by atoms with Crippen LogP contribution in [0.1, 0.15) is 15.9 Å². The summed E-state index contributed by atoms with van der Waals surface area (Å²) in [4.78, 5) is 12.5. The monoisotopic (exact) mass is 464 g/mol. The van der Waals surface area contributed by atoms with Crippen LogP contribution in [0.25, 0.3) is 0 Å². The lowest BCUT2D eigenvalue weighted by atomic mass is 10.1. The number of aryl methyl sites for hydroxylation is 1. The van der Waals surface area contributed by atoms with Crippen molar-refractivity contribution in [1.82, 2.24) is 0 Å². The SMILES string of the molecule is COc1ccc(C)cc1NC(=O)c1cccc(NS(=O)(=O)c2cc(Cl)ccc2Cl)c1. The number of benzene rings is 3. The van der Waals surface area contributed by atoms with Crippen molar-refractivity contribution in [2.24, 2.45) is 0 Å². The maximum Gasteiger partial charge on any atom is 0.263 e. The van der Waals surface area contributed by atoms with Gasteiger partial charge in [-0.25, -0.2) is 8.42 Å². The van der Waals surface area contributed by atoms with Crippen molar-refractivity contribution in [3.05, 3.63) is 81.8 Å². The molecule has 0 bridgehead atoms. The summed E-state index contributed by atoms with van der Waals surface area (Å²) in [5, 5.41) is 3.05. The maximum absolute atomic E-state index is 12.7. The minimum Gasteiger partial charge on any atom is -0.495 e. The van der Waals surface area contributed by atoms with Crippen LogP contribution in [-0.4, -0.2) is 21.4 Å². The Hall–Kier alpha value is -2.74. The Morgan fingerprint density at radius 2 is 1.77 bits per heavy atom. The molecule has 0 aromatic heterocycles. The minimum absolute atomic E-state index is 0.0346. The summed E-state index contributed by atoms with van der Waals surface area (Å²) >= 11 is 11.9. The van der Waals surface area contributed by atoms with Crippen LogP contribution in [0.3, 0.4) is 0 Å². The van der Waals surface area contributed by atoms with Crippen molar-refractivity contribution in [2.75, 3.05) is 17.1 Å².